The lowest BCUT2D eigenvalue weighted by molar-refractivity contribution is -0.141. The van der Waals surface area contributed by atoms with Crippen molar-refractivity contribution in [3.8, 4) is 5.75 Å². The number of halogens is 1. The first kappa shape index (κ1) is 23.9. The van der Waals surface area contributed by atoms with Crippen molar-refractivity contribution < 1.29 is 28.6 Å². The van der Waals surface area contributed by atoms with Crippen LogP contribution in [0.3, 0.4) is 0 Å². The van der Waals surface area contributed by atoms with Crippen molar-refractivity contribution in [3.05, 3.63) is 58.0 Å². The summed E-state index contributed by atoms with van der Waals surface area (Å²) >= 11 is 0. The fraction of sp³-hybridized carbons (Fsp3) is 0.409. The Hall–Kier alpha value is -3.36. The van der Waals surface area contributed by atoms with E-state index in [1.165, 1.54) is 18.0 Å². The molecule has 0 spiro atoms. The molecular weight excluding hydrogens is 407 g/mol. The zero-order valence-electron chi connectivity index (χ0n) is 17.4. The van der Waals surface area contributed by atoms with E-state index in [1.807, 2.05) is 30.3 Å². The van der Waals surface area contributed by atoms with Gasteiger partial charge < -0.3 is 9.84 Å². The average molecular weight is 432 g/mol. The van der Waals surface area contributed by atoms with Crippen LogP contribution in [0.4, 0.5) is 4.39 Å². The van der Waals surface area contributed by atoms with Crippen LogP contribution >= 0.6 is 0 Å². The van der Waals surface area contributed by atoms with Gasteiger partial charge in [-0.2, -0.15) is 5.10 Å². The van der Waals surface area contributed by atoms with Gasteiger partial charge in [0.1, 0.15) is 18.2 Å². The number of Topliss-reactive ketones (excluding diaryl/α,β-unsaturated/α-hetero) is 2. The second-order valence-electron chi connectivity index (χ2n) is 7.10. The molecule has 0 radical (unpaired) electrons. The third-order valence-electron chi connectivity index (χ3n) is 5.04. The molecule has 8 nitrogen and oxygen atoms in total. The first-order valence-corrected chi connectivity index (χ1v) is 9.83. The number of carboxylic acid groups (broad SMARTS) is 1. The summed E-state index contributed by atoms with van der Waals surface area (Å²) in [6.45, 7) is 0.514. The van der Waals surface area contributed by atoms with E-state index < -0.39 is 54.4 Å². The van der Waals surface area contributed by atoms with Crippen LogP contribution < -0.4 is 10.3 Å². The summed E-state index contributed by atoms with van der Waals surface area (Å²) in [6.07, 6.45) is 0.425. The molecule has 2 atom stereocenters. The molecule has 1 N–H and O–H groups in total. The van der Waals surface area contributed by atoms with Crippen molar-refractivity contribution in [2.45, 2.75) is 38.6 Å². The molecule has 1 heterocycles. The molecule has 1 aromatic heterocycles. The SMILES string of the molecule is CCC(C(=O)CC(CC(=O)O)C(=O)CF)c1c(OC)cnn(Cc2ccccc2)c1=O. The fourth-order valence-corrected chi connectivity index (χ4v) is 3.44. The van der Waals surface area contributed by atoms with E-state index in [9.17, 15) is 23.6 Å². The van der Waals surface area contributed by atoms with Crippen LogP contribution in [0.2, 0.25) is 0 Å². The number of rotatable bonds is 12. The fourth-order valence-electron chi connectivity index (χ4n) is 3.44. The molecular formula is C22H25FN2O6. The van der Waals surface area contributed by atoms with Crippen LogP contribution in [0.15, 0.2) is 41.3 Å². The van der Waals surface area contributed by atoms with E-state index in [1.54, 1.807) is 6.92 Å². The predicted molar refractivity (Wildman–Crippen MR) is 110 cm³/mol. The van der Waals surface area contributed by atoms with Gasteiger partial charge in [-0.25, -0.2) is 9.07 Å². The van der Waals surface area contributed by atoms with Crippen molar-refractivity contribution in [2.24, 2.45) is 5.92 Å². The highest BCUT2D eigenvalue weighted by atomic mass is 19.1. The van der Waals surface area contributed by atoms with Gasteiger partial charge in [-0.05, 0) is 12.0 Å². The summed E-state index contributed by atoms with van der Waals surface area (Å²) in [6, 6.07) is 9.16. The topological polar surface area (TPSA) is 116 Å². The summed E-state index contributed by atoms with van der Waals surface area (Å²) in [7, 11) is 1.35. The maximum Gasteiger partial charge on any atom is 0.304 e. The number of alkyl halides is 1. The number of aromatic nitrogens is 2. The highest BCUT2D eigenvalue weighted by Crippen LogP contribution is 2.29. The Morgan fingerprint density at radius 1 is 1.16 bits per heavy atom. The van der Waals surface area contributed by atoms with Gasteiger partial charge in [-0.3, -0.25) is 19.2 Å². The lowest BCUT2D eigenvalue weighted by Gasteiger charge is -2.20. The van der Waals surface area contributed by atoms with Gasteiger partial charge in [0.2, 0.25) is 0 Å². The zero-order chi connectivity index (χ0) is 23.0. The van der Waals surface area contributed by atoms with Gasteiger partial charge in [0, 0.05) is 12.3 Å². The maximum atomic E-state index is 13.2. The molecule has 0 saturated heterocycles. The monoisotopic (exact) mass is 432 g/mol. The number of ketones is 2. The highest BCUT2D eigenvalue weighted by molar-refractivity contribution is 5.93. The van der Waals surface area contributed by atoms with Crippen LogP contribution in [0.25, 0.3) is 0 Å². The van der Waals surface area contributed by atoms with Gasteiger partial charge in [0.05, 0.1) is 37.8 Å². The third-order valence-corrected chi connectivity index (χ3v) is 5.04. The summed E-state index contributed by atoms with van der Waals surface area (Å²) in [5.41, 5.74) is 0.403. The Morgan fingerprint density at radius 2 is 1.84 bits per heavy atom. The van der Waals surface area contributed by atoms with Crippen LogP contribution in [-0.2, 0) is 20.9 Å². The molecule has 2 rings (SSSR count). The average Bonchev–Trinajstić information content (AvgIpc) is 2.76. The summed E-state index contributed by atoms with van der Waals surface area (Å²) < 4.78 is 19.3. The molecule has 0 aliphatic rings. The molecule has 2 unspecified atom stereocenters. The van der Waals surface area contributed by atoms with Gasteiger partial charge in [-0.15, -0.1) is 0 Å². The Bertz CT molecular complexity index is 989. The van der Waals surface area contributed by atoms with Crippen molar-refractivity contribution in [2.75, 3.05) is 13.8 Å². The minimum atomic E-state index is -1.36. The number of nitrogens with zero attached hydrogens (tertiary/aromatic N) is 2. The van der Waals surface area contributed by atoms with Gasteiger partial charge in [0.15, 0.2) is 5.78 Å². The van der Waals surface area contributed by atoms with E-state index in [0.29, 0.717) is 0 Å². The Kier molecular flexibility index (Phi) is 8.60. The largest absolute Gasteiger partial charge is 0.495 e. The quantitative estimate of drug-likeness (QED) is 0.547. The second-order valence-corrected chi connectivity index (χ2v) is 7.10. The van der Waals surface area contributed by atoms with Crippen molar-refractivity contribution >= 4 is 17.5 Å². The number of aliphatic carboxylic acids is 1. The molecule has 0 aliphatic heterocycles. The van der Waals surface area contributed by atoms with E-state index in [-0.39, 0.29) is 24.3 Å². The number of benzene rings is 1. The predicted octanol–water partition coefficient (Wildman–Crippen LogP) is 2.38. The van der Waals surface area contributed by atoms with Crippen molar-refractivity contribution in [3.63, 3.8) is 0 Å². The molecule has 0 aliphatic carbocycles. The number of methoxy groups -OCH3 is 1. The zero-order valence-corrected chi connectivity index (χ0v) is 17.4. The summed E-state index contributed by atoms with van der Waals surface area (Å²) in [5, 5.41) is 13.1. The van der Waals surface area contributed by atoms with E-state index in [0.717, 1.165) is 5.56 Å². The normalized spacial score (nSPS) is 12.7. The molecule has 0 saturated carbocycles. The minimum Gasteiger partial charge on any atom is -0.495 e. The number of carboxylic acids is 1. The Morgan fingerprint density at radius 3 is 2.39 bits per heavy atom. The van der Waals surface area contributed by atoms with Gasteiger partial charge >= 0.3 is 5.97 Å². The molecule has 0 amide bonds. The molecule has 9 heteroatoms. The highest BCUT2D eigenvalue weighted by Gasteiger charge is 2.31. The van der Waals surface area contributed by atoms with Crippen LogP contribution in [0.1, 0.15) is 43.2 Å². The molecule has 0 fully saturated rings. The Labute approximate surface area is 178 Å². The Balaban J connectivity index is 2.41. The minimum absolute atomic E-state index is 0.0858. The molecule has 31 heavy (non-hydrogen) atoms. The molecule has 1 aromatic carbocycles. The lowest BCUT2D eigenvalue weighted by atomic mass is 9.85. The standard InChI is InChI=1S/C22H25FN2O6/c1-3-16(17(26)9-15(10-20(28)29)18(27)11-23)21-19(31-2)12-24-25(22(21)30)13-14-7-5-4-6-8-14/h4-8,12,15-16H,3,9-11,13H2,1-2H3,(H,28,29). The maximum absolute atomic E-state index is 13.2. The van der Waals surface area contributed by atoms with E-state index in [4.69, 9.17) is 9.84 Å². The molecule has 2 aromatic rings. The summed E-state index contributed by atoms with van der Waals surface area (Å²) in [4.78, 5) is 49.0. The lowest BCUT2D eigenvalue weighted by Crippen LogP contribution is -2.32. The van der Waals surface area contributed by atoms with Crippen LogP contribution in [-0.4, -0.2) is 46.2 Å². The number of hydrogen-bond donors (Lipinski definition) is 1. The number of ether oxygens (including phenoxy) is 1. The number of carbonyl (C=O) groups excluding carboxylic acids is 2. The van der Waals surface area contributed by atoms with Gasteiger partial charge in [-0.1, -0.05) is 37.3 Å². The van der Waals surface area contributed by atoms with E-state index >= 15 is 0 Å². The van der Waals surface area contributed by atoms with E-state index in [2.05, 4.69) is 5.10 Å². The summed E-state index contributed by atoms with van der Waals surface area (Å²) in [5.74, 6) is -4.89. The molecule has 0 bridgehead atoms. The van der Waals surface area contributed by atoms with Crippen LogP contribution in [0, 0.1) is 5.92 Å². The first-order valence-electron chi connectivity index (χ1n) is 9.83. The van der Waals surface area contributed by atoms with Crippen LogP contribution in [0.5, 0.6) is 5.75 Å². The smallest absolute Gasteiger partial charge is 0.304 e. The third kappa shape index (κ3) is 6.07. The second kappa shape index (κ2) is 11.1. The first-order chi connectivity index (χ1) is 14.8. The number of hydrogen-bond acceptors (Lipinski definition) is 6. The molecule has 166 valence electrons. The van der Waals surface area contributed by atoms with Crippen molar-refractivity contribution in [1.29, 1.82) is 0 Å². The van der Waals surface area contributed by atoms with Crippen molar-refractivity contribution in [1.82, 2.24) is 9.78 Å². The number of carbonyl (C=O) groups is 3. The van der Waals surface area contributed by atoms with Gasteiger partial charge in [0.25, 0.3) is 5.56 Å².